The number of hydrogen-bond acceptors (Lipinski definition) is 5. The molecule has 0 saturated carbocycles. The second-order valence-electron chi connectivity index (χ2n) is 4.31. The first-order valence-electron chi connectivity index (χ1n) is 5.06. The Bertz CT molecular complexity index is 477. The molecule has 1 aromatic rings. The molecule has 0 unspecified atom stereocenters. The molecule has 3 N–H and O–H groups in total. The highest BCUT2D eigenvalue weighted by atomic mass is 16.6. The Balaban J connectivity index is 3.19. The lowest BCUT2D eigenvalue weighted by molar-refractivity contribution is -0.384. The minimum absolute atomic E-state index is 0.0643. The molecular formula is C11H14N4O2. The summed E-state index contributed by atoms with van der Waals surface area (Å²) in [5, 5.41) is 22.6. The molecule has 0 heterocycles. The van der Waals surface area contributed by atoms with E-state index in [0.29, 0.717) is 17.8 Å². The van der Waals surface area contributed by atoms with Crippen molar-refractivity contribution in [2.75, 3.05) is 11.9 Å². The van der Waals surface area contributed by atoms with Gasteiger partial charge in [0, 0.05) is 18.2 Å². The first-order valence-corrected chi connectivity index (χ1v) is 5.06. The van der Waals surface area contributed by atoms with E-state index in [1.165, 1.54) is 18.2 Å². The zero-order valence-corrected chi connectivity index (χ0v) is 9.73. The van der Waals surface area contributed by atoms with E-state index < -0.39 is 10.5 Å². The van der Waals surface area contributed by atoms with Crippen LogP contribution in [0.3, 0.4) is 0 Å². The van der Waals surface area contributed by atoms with Gasteiger partial charge in [0.1, 0.15) is 5.69 Å². The molecule has 0 aliphatic heterocycles. The zero-order chi connectivity index (χ0) is 13.1. The molecule has 1 aromatic carbocycles. The van der Waals surface area contributed by atoms with Crippen molar-refractivity contribution in [1.29, 1.82) is 5.26 Å². The Hall–Kier alpha value is -2.13. The monoisotopic (exact) mass is 234 g/mol. The summed E-state index contributed by atoms with van der Waals surface area (Å²) in [4.78, 5) is 10.4. The number of nitro benzene ring substituents is 1. The highest BCUT2D eigenvalue weighted by molar-refractivity contribution is 5.65. The number of rotatable bonds is 4. The minimum Gasteiger partial charge on any atom is -0.373 e. The third kappa shape index (κ3) is 3.16. The van der Waals surface area contributed by atoms with Crippen LogP contribution in [0.25, 0.3) is 0 Å². The van der Waals surface area contributed by atoms with Crippen LogP contribution in [0, 0.1) is 21.4 Å². The van der Waals surface area contributed by atoms with Crippen LogP contribution in [0.5, 0.6) is 0 Å². The van der Waals surface area contributed by atoms with Crippen molar-refractivity contribution in [3.63, 3.8) is 0 Å². The van der Waals surface area contributed by atoms with Crippen molar-refractivity contribution in [3.8, 4) is 6.07 Å². The van der Waals surface area contributed by atoms with Gasteiger partial charge in [-0.05, 0) is 26.0 Å². The topological polar surface area (TPSA) is 105 Å². The van der Waals surface area contributed by atoms with Crippen molar-refractivity contribution < 1.29 is 4.92 Å². The number of nitrogens with zero attached hydrogens (tertiary/aromatic N) is 2. The molecule has 0 fully saturated rings. The van der Waals surface area contributed by atoms with Gasteiger partial charge in [0.2, 0.25) is 0 Å². The summed E-state index contributed by atoms with van der Waals surface area (Å²) in [6, 6.07) is 6.13. The zero-order valence-electron chi connectivity index (χ0n) is 9.73. The van der Waals surface area contributed by atoms with Crippen molar-refractivity contribution in [2.24, 2.45) is 5.73 Å². The molecule has 0 saturated heterocycles. The van der Waals surface area contributed by atoms with Crippen molar-refractivity contribution in [1.82, 2.24) is 0 Å². The van der Waals surface area contributed by atoms with Gasteiger partial charge in [-0.3, -0.25) is 10.1 Å². The maximum atomic E-state index is 10.8. The molecule has 0 atom stereocenters. The van der Waals surface area contributed by atoms with Gasteiger partial charge < -0.3 is 11.1 Å². The Labute approximate surface area is 99.2 Å². The Morgan fingerprint density at radius 1 is 1.59 bits per heavy atom. The molecule has 6 nitrogen and oxygen atoms in total. The van der Waals surface area contributed by atoms with Crippen LogP contribution in [0.4, 0.5) is 11.4 Å². The third-order valence-corrected chi connectivity index (χ3v) is 2.31. The fourth-order valence-corrected chi connectivity index (χ4v) is 1.28. The number of benzene rings is 1. The normalized spacial score (nSPS) is 10.7. The van der Waals surface area contributed by atoms with Gasteiger partial charge in [0.15, 0.2) is 0 Å². The number of nitro groups is 1. The van der Waals surface area contributed by atoms with E-state index in [4.69, 9.17) is 11.0 Å². The van der Waals surface area contributed by atoms with Gasteiger partial charge in [-0.1, -0.05) is 0 Å². The van der Waals surface area contributed by atoms with Crippen LogP contribution in [0.15, 0.2) is 18.2 Å². The maximum absolute atomic E-state index is 10.8. The fraction of sp³-hybridized carbons (Fsp3) is 0.364. The second kappa shape index (κ2) is 4.80. The van der Waals surface area contributed by atoms with E-state index in [-0.39, 0.29) is 5.69 Å². The molecule has 0 radical (unpaired) electrons. The third-order valence-electron chi connectivity index (χ3n) is 2.31. The fourth-order valence-electron chi connectivity index (χ4n) is 1.28. The van der Waals surface area contributed by atoms with Gasteiger partial charge in [0.05, 0.1) is 16.6 Å². The summed E-state index contributed by atoms with van der Waals surface area (Å²) >= 11 is 0. The lowest BCUT2D eigenvalue weighted by Crippen LogP contribution is -2.39. The Kier molecular flexibility index (Phi) is 3.66. The van der Waals surface area contributed by atoms with Crippen LogP contribution < -0.4 is 11.1 Å². The SMILES string of the molecule is CC(C)(CN)Nc1cc(C#N)ccc1[N+](=O)[O-]. The smallest absolute Gasteiger partial charge is 0.292 e. The summed E-state index contributed by atoms with van der Waals surface area (Å²) in [6.45, 7) is 3.98. The molecule has 0 aliphatic carbocycles. The van der Waals surface area contributed by atoms with Gasteiger partial charge in [-0.2, -0.15) is 5.26 Å². The van der Waals surface area contributed by atoms with Crippen LogP contribution in [0.2, 0.25) is 0 Å². The van der Waals surface area contributed by atoms with Crippen molar-refractivity contribution >= 4 is 11.4 Å². The van der Waals surface area contributed by atoms with E-state index in [9.17, 15) is 10.1 Å². The number of anilines is 1. The molecule has 1 rings (SSSR count). The highest BCUT2D eigenvalue weighted by Gasteiger charge is 2.21. The van der Waals surface area contributed by atoms with Crippen LogP contribution in [-0.4, -0.2) is 17.0 Å². The number of nitriles is 1. The predicted octanol–water partition coefficient (Wildman–Crippen LogP) is 1.62. The van der Waals surface area contributed by atoms with Crippen LogP contribution in [-0.2, 0) is 0 Å². The molecule has 0 bridgehead atoms. The number of hydrogen-bond donors (Lipinski definition) is 2. The summed E-state index contributed by atoms with van der Waals surface area (Å²) in [5.74, 6) is 0. The number of nitrogens with two attached hydrogens (primary N) is 1. The van der Waals surface area contributed by atoms with E-state index in [2.05, 4.69) is 5.32 Å². The molecule has 0 amide bonds. The summed E-state index contributed by atoms with van der Waals surface area (Å²) < 4.78 is 0. The van der Waals surface area contributed by atoms with E-state index in [1.54, 1.807) is 0 Å². The molecule has 0 aromatic heterocycles. The quantitative estimate of drug-likeness (QED) is 0.608. The van der Waals surface area contributed by atoms with Crippen molar-refractivity contribution in [3.05, 3.63) is 33.9 Å². The summed E-state index contributed by atoms with van der Waals surface area (Å²) in [7, 11) is 0. The van der Waals surface area contributed by atoms with Gasteiger partial charge in [-0.15, -0.1) is 0 Å². The average molecular weight is 234 g/mol. The predicted molar refractivity (Wildman–Crippen MR) is 64.6 cm³/mol. The van der Waals surface area contributed by atoms with Gasteiger partial charge in [-0.25, -0.2) is 0 Å². The molecular weight excluding hydrogens is 220 g/mol. The molecule has 17 heavy (non-hydrogen) atoms. The van der Waals surface area contributed by atoms with Crippen molar-refractivity contribution in [2.45, 2.75) is 19.4 Å². The highest BCUT2D eigenvalue weighted by Crippen LogP contribution is 2.27. The first-order chi connectivity index (χ1) is 7.89. The first kappa shape index (κ1) is 12.9. The molecule has 0 aliphatic rings. The van der Waals surface area contributed by atoms with Gasteiger partial charge >= 0.3 is 0 Å². The van der Waals surface area contributed by atoms with Crippen LogP contribution >= 0.6 is 0 Å². The number of nitrogens with one attached hydrogen (secondary N) is 1. The molecule has 90 valence electrons. The standard InChI is InChI=1S/C11H14N4O2/c1-11(2,7-13)14-9-5-8(6-12)3-4-10(9)15(16)17/h3-5,14H,7,13H2,1-2H3. The summed E-state index contributed by atoms with van der Waals surface area (Å²) in [5.41, 5.74) is 5.69. The second-order valence-corrected chi connectivity index (χ2v) is 4.31. The van der Waals surface area contributed by atoms with E-state index >= 15 is 0 Å². The van der Waals surface area contributed by atoms with Gasteiger partial charge in [0.25, 0.3) is 5.69 Å². The largest absolute Gasteiger partial charge is 0.373 e. The Morgan fingerprint density at radius 3 is 2.71 bits per heavy atom. The minimum atomic E-state index is -0.490. The molecule has 6 heteroatoms. The van der Waals surface area contributed by atoms with Crippen LogP contribution in [0.1, 0.15) is 19.4 Å². The summed E-state index contributed by atoms with van der Waals surface area (Å²) in [6.07, 6.45) is 0. The molecule has 0 spiro atoms. The van der Waals surface area contributed by atoms with E-state index in [0.717, 1.165) is 0 Å². The lowest BCUT2D eigenvalue weighted by atomic mass is 10.0. The lowest BCUT2D eigenvalue weighted by Gasteiger charge is -2.25. The van der Waals surface area contributed by atoms with E-state index in [1.807, 2.05) is 19.9 Å². The average Bonchev–Trinajstić information content (AvgIpc) is 2.28. The Morgan fingerprint density at radius 2 is 2.24 bits per heavy atom. The maximum Gasteiger partial charge on any atom is 0.292 e.